The van der Waals surface area contributed by atoms with Crippen LogP contribution in [0.2, 0.25) is 0 Å². The minimum absolute atomic E-state index is 0.101. The average molecular weight is 1380 g/mol. The van der Waals surface area contributed by atoms with Crippen LogP contribution in [0.15, 0.2) is 24.3 Å². The highest BCUT2D eigenvalue weighted by molar-refractivity contribution is 7.47. The van der Waals surface area contributed by atoms with Gasteiger partial charge < -0.3 is 33.8 Å². The molecule has 0 rings (SSSR count). The van der Waals surface area contributed by atoms with Crippen LogP contribution in [-0.2, 0) is 65.4 Å². The Morgan fingerprint density at radius 1 is 0.351 bits per heavy atom. The first kappa shape index (κ1) is 91.5. The maximum Gasteiger partial charge on any atom is 0.472 e. The van der Waals surface area contributed by atoms with Crippen LogP contribution in [0.3, 0.4) is 0 Å². The molecule has 0 aromatic heterocycles. The molecule has 0 amide bonds. The molecule has 0 radical (unpaired) electrons. The number of carbonyl (C=O) groups is 4. The van der Waals surface area contributed by atoms with Crippen LogP contribution < -0.4 is 0 Å². The molecule has 17 nitrogen and oxygen atoms in total. The third-order valence-electron chi connectivity index (χ3n) is 17.2. The Hall–Kier alpha value is -2.46. The van der Waals surface area contributed by atoms with Gasteiger partial charge >= 0.3 is 39.5 Å². The molecule has 554 valence electrons. The van der Waals surface area contributed by atoms with Crippen LogP contribution >= 0.6 is 15.6 Å². The molecule has 3 unspecified atom stereocenters. The number of rotatable bonds is 72. The molecule has 0 aliphatic rings. The number of allylic oxidation sites excluding steroid dienone is 4. The monoisotopic (exact) mass is 1380 g/mol. The van der Waals surface area contributed by atoms with Gasteiger partial charge in [0.25, 0.3) is 0 Å². The lowest BCUT2D eigenvalue weighted by Crippen LogP contribution is -2.30. The molecule has 0 saturated heterocycles. The first-order chi connectivity index (χ1) is 45.4. The number of unbranched alkanes of at least 4 members (excludes halogenated alkanes) is 38. The fourth-order valence-corrected chi connectivity index (χ4v) is 12.5. The van der Waals surface area contributed by atoms with Crippen LogP contribution in [0.25, 0.3) is 0 Å². The lowest BCUT2D eigenvalue weighted by atomic mass is 9.99. The molecule has 0 bridgehead atoms. The molecule has 0 heterocycles. The van der Waals surface area contributed by atoms with E-state index in [4.69, 9.17) is 37.0 Å². The first-order valence-corrected chi connectivity index (χ1v) is 41.3. The molecule has 94 heavy (non-hydrogen) atoms. The topological polar surface area (TPSA) is 237 Å². The van der Waals surface area contributed by atoms with Gasteiger partial charge in [-0.3, -0.25) is 37.3 Å². The summed E-state index contributed by atoms with van der Waals surface area (Å²) >= 11 is 0. The van der Waals surface area contributed by atoms with E-state index in [0.717, 1.165) is 121 Å². The lowest BCUT2D eigenvalue weighted by Gasteiger charge is -2.21. The van der Waals surface area contributed by atoms with E-state index in [2.05, 4.69) is 65.8 Å². The van der Waals surface area contributed by atoms with E-state index in [9.17, 15) is 43.2 Å². The van der Waals surface area contributed by atoms with E-state index in [1.165, 1.54) is 154 Å². The summed E-state index contributed by atoms with van der Waals surface area (Å²) < 4.78 is 68.4. The summed E-state index contributed by atoms with van der Waals surface area (Å²) in [5.74, 6) is -0.627. The predicted molar refractivity (Wildman–Crippen MR) is 381 cm³/mol. The van der Waals surface area contributed by atoms with E-state index in [-0.39, 0.29) is 25.7 Å². The van der Waals surface area contributed by atoms with Gasteiger partial charge in [0.2, 0.25) is 0 Å². The van der Waals surface area contributed by atoms with Crippen LogP contribution in [-0.4, -0.2) is 96.7 Å². The Balaban J connectivity index is 5.27. The van der Waals surface area contributed by atoms with Gasteiger partial charge in [-0.2, -0.15) is 0 Å². The van der Waals surface area contributed by atoms with Crippen molar-refractivity contribution in [2.24, 2.45) is 11.8 Å². The van der Waals surface area contributed by atoms with Crippen LogP contribution in [0, 0.1) is 11.8 Å². The van der Waals surface area contributed by atoms with Crippen molar-refractivity contribution >= 4 is 39.5 Å². The maximum atomic E-state index is 13.1. The van der Waals surface area contributed by atoms with Crippen molar-refractivity contribution in [2.75, 3.05) is 39.6 Å². The van der Waals surface area contributed by atoms with E-state index in [0.29, 0.717) is 31.6 Å². The van der Waals surface area contributed by atoms with E-state index in [1.807, 2.05) is 0 Å². The molecule has 0 aromatic rings. The van der Waals surface area contributed by atoms with Gasteiger partial charge in [-0.15, -0.1) is 0 Å². The van der Waals surface area contributed by atoms with Gasteiger partial charge in [0.05, 0.1) is 26.4 Å². The number of hydrogen-bond acceptors (Lipinski definition) is 15. The molecule has 0 aliphatic carbocycles. The van der Waals surface area contributed by atoms with E-state index in [1.54, 1.807) is 0 Å². The summed E-state index contributed by atoms with van der Waals surface area (Å²) in [6.45, 7) is 9.49. The number of ether oxygens (including phenoxy) is 4. The van der Waals surface area contributed by atoms with Gasteiger partial charge in [-0.05, 0) is 63.2 Å². The first-order valence-electron chi connectivity index (χ1n) is 38.3. The Labute approximate surface area is 573 Å². The summed E-state index contributed by atoms with van der Waals surface area (Å²) in [4.78, 5) is 72.7. The second kappa shape index (κ2) is 66.4. The van der Waals surface area contributed by atoms with Crippen LogP contribution in [0.1, 0.15) is 363 Å². The molecule has 19 heteroatoms. The van der Waals surface area contributed by atoms with Crippen molar-refractivity contribution in [1.29, 1.82) is 0 Å². The van der Waals surface area contributed by atoms with Crippen molar-refractivity contribution in [2.45, 2.75) is 381 Å². The van der Waals surface area contributed by atoms with Gasteiger partial charge in [-0.1, -0.05) is 310 Å². The highest BCUT2D eigenvalue weighted by Crippen LogP contribution is 2.45. The number of phosphoric ester groups is 2. The Morgan fingerprint density at radius 3 is 0.957 bits per heavy atom. The smallest absolute Gasteiger partial charge is 0.462 e. The molecule has 3 N–H and O–H groups in total. The highest BCUT2D eigenvalue weighted by Gasteiger charge is 2.30. The molecule has 0 spiro atoms. The fourth-order valence-electron chi connectivity index (χ4n) is 10.9. The van der Waals surface area contributed by atoms with Crippen molar-refractivity contribution in [1.82, 2.24) is 0 Å². The summed E-state index contributed by atoms with van der Waals surface area (Å²) in [5.41, 5.74) is 0. The largest absolute Gasteiger partial charge is 0.472 e. The van der Waals surface area contributed by atoms with Gasteiger partial charge in [0.15, 0.2) is 12.2 Å². The Bertz CT molecular complexity index is 1920. The number of aliphatic hydroxyl groups is 1. The molecule has 0 fully saturated rings. The maximum absolute atomic E-state index is 13.1. The van der Waals surface area contributed by atoms with Gasteiger partial charge in [-0.25, -0.2) is 9.13 Å². The number of carbonyl (C=O) groups excluding carboxylic acids is 4. The Morgan fingerprint density at radius 2 is 0.628 bits per heavy atom. The van der Waals surface area contributed by atoms with Crippen molar-refractivity contribution in [3.05, 3.63) is 24.3 Å². The van der Waals surface area contributed by atoms with Crippen LogP contribution in [0.5, 0.6) is 0 Å². The van der Waals surface area contributed by atoms with E-state index < -0.39 is 97.5 Å². The number of aliphatic hydroxyl groups excluding tert-OH is 1. The van der Waals surface area contributed by atoms with Crippen molar-refractivity contribution < 1.29 is 80.2 Å². The molecule has 0 aliphatic heterocycles. The second-order valence-corrected chi connectivity index (χ2v) is 30.0. The standard InChI is InChI=1S/C75H142O17P2/c1-7-10-12-14-16-18-20-22-23-27-31-34-38-45-51-57-72(77)85-63-70(91-75(80)60-54-48-40-36-32-28-25-24-26-29-33-37-44-50-56-68(6)9-3)65-89-93(81,82)87-61-69(76)62-88-94(83,84)90-66-71(64-86-73(78)58-52-46-42-41-43-49-55-67(4)5)92-74(79)59-53-47-39-35-30-21-19-17-15-13-11-8-2/h18,20,22-23,67-71,76H,7-17,19,21,24-66H2,1-6H3,(H,81,82)(H,83,84)/b20-18-,23-22-/t68?,69-,70-,71-/m1/s1. The second-order valence-electron chi connectivity index (χ2n) is 27.1. The molecule has 6 atom stereocenters. The Kier molecular flexibility index (Phi) is 64.7. The quantitative estimate of drug-likeness (QED) is 0.0169. The zero-order valence-electron chi connectivity index (χ0n) is 60.7. The van der Waals surface area contributed by atoms with Crippen molar-refractivity contribution in [3.63, 3.8) is 0 Å². The summed E-state index contributed by atoms with van der Waals surface area (Å²) in [6.07, 6.45) is 56.3. The minimum Gasteiger partial charge on any atom is -0.462 e. The lowest BCUT2D eigenvalue weighted by molar-refractivity contribution is -0.161. The SMILES string of the molecule is CCCCCC/C=C\C=C/CCCCCCCC(=O)OC[C@H](COP(=O)(O)OC[C@@H](O)COP(=O)(O)OC[C@@H](COC(=O)CCCCCCCCC(C)C)OC(=O)CCCCCCCCCCCCCC)OC(=O)CCCCCCCCCCCCCCCCC(C)CC. The summed E-state index contributed by atoms with van der Waals surface area (Å²) in [7, 11) is -9.92. The molecule has 0 saturated carbocycles. The molecular formula is C75H142O17P2. The number of phosphoric acid groups is 2. The summed E-state index contributed by atoms with van der Waals surface area (Å²) in [5, 5.41) is 10.6. The van der Waals surface area contributed by atoms with Crippen LogP contribution in [0.4, 0.5) is 0 Å². The van der Waals surface area contributed by atoms with E-state index >= 15 is 0 Å². The number of esters is 4. The minimum atomic E-state index is -4.96. The molecule has 0 aromatic carbocycles. The third-order valence-corrected chi connectivity index (χ3v) is 19.1. The van der Waals surface area contributed by atoms with Gasteiger partial charge in [0.1, 0.15) is 19.3 Å². The normalized spacial score (nSPS) is 14.5. The third kappa shape index (κ3) is 66.8. The zero-order valence-corrected chi connectivity index (χ0v) is 62.5. The predicted octanol–water partition coefficient (Wildman–Crippen LogP) is 21.5. The highest BCUT2D eigenvalue weighted by atomic mass is 31.2. The number of hydrogen-bond donors (Lipinski definition) is 3. The fraction of sp³-hybridized carbons (Fsp3) is 0.893. The van der Waals surface area contributed by atoms with Gasteiger partial charge in [0, 0.05) is 25.7 Å². The summed E-state index contributed by atoms with van der Waals surface area (Å²) in [6, 6.07) is 0. The van der Waals surface area contributed by atoms with Crippen molar-refractivity contribution in [3.8, 4) is 0 Å². The molecular weight excluding hydrogens is 1230 g/mol. The average Bonchev–Trinajstić information content (AvgIpc) is 2.03. The zero-order chi connectivity index (χ0) is 69.3.